The molecule has 1 aromatic carbocycles. The third-order valence-corrected chi connectivity index (χ3v) is 5.83. The fourth-order valence-electron chi connectivity index (χ4n) is 3.73. The van der Waals surface area contributed by atoms with E-state index in [1.165, 1.54) is 0 Å². The maximum absolute atomic E-state index is 6.71. The number of nitrogens with zero attached hydrogens (tertiary/aromatic N) is 3. The number of anilines is 1. The lowest BCUT2D eigenvalue weighted by Crippen LogP contribution is -2.52. The molecule has 2 aromatic heterocycles. The number of benzene rings is 1. The maximum Gasteiger partial charge on any atom is 0.141 e. The molecule has 7 heteroatoms. The van der Waals surface area contributed by atoms with Crippen molar-refractivity contribution < 1.29 is 14.2 Å². The van der Waals surface area contributed by atoms with Crippen LogP contribution in [0.25, 0.3) is 22.0 Å². The first-order valence-electron chi connectivity index (χ1n) is 9.43. The predicted octanol–water partition coefficient (Wildman–Crippen LogP) is 4.42. The Morgan fingerprint density at radius 2 is 1.76 bits per heavy atom. The zero-order chi connectivity index (χ0) is 20.7. The normalized spacial score (nSPS) is 14.2. The molecule has 0 atom stereocenters. The molecular weight excluding hydrogens is 390 g/mol. The Kier molecular flexibility index (Phi) is 5.23. The van der Waals surface area contributed by atoms with Crippen LogP contribution in [0.3, 0.4) is 0 Å². The number of pyridine rings is 2. The summed E-state index contributed by atoms with van der Waals surface area (Å²) in [5.41, 5.74) is 3.43. The number of aryl methyl sites for hydroxylation is 1. The van der Waals surface area contributed by atoms with Crippen LogP contribution in [0.5, 0.6) is 11.5 Å². The molecule has 3 aromatic rings. The summed E-state index contributed by atoms with van der Waals surface area (Å²) in [5.74, 6) is 2.17. The van der Waals surface area contributed by atoms with Crippen molar-refractivity contribution in [3.05, 3.63) is 40.7 Å². The lowest BCUT2D eigenvalue weighted by atomic mass is 10.0. The average molecular weight is 414 g/mol. The van der Waals surface area contributed by atoms with Crippen LogP contribution in [0.15, 0.2) is 24.4 Å². The first kappa shape index (κ1) is 19.7. The van der Waals surface area contributed by atoms with Gasteiger partial charge in [-0.2, -0.15) is 0 Å². The van der Waals surface area contributed by atoms with Crippen molar-refractivity contribution in [2.75, 3.05) is 39.3 Å². The predicted molar refractivity (Wildman–Crippen MR) is 116 cm³/mol. The molecule has 0 amide bonds. The van der Waals surface area contributed by atoms with Crippen LogP contribution in [0.4, 0.5) is 5.82 Å². The molecule has 0 N–H and O–H groups in total. The molecule has 6 nitrogen and oxygen atoms in total. The Morgan fingerprint density at radius 3 is 2.41 bits per heavy atom. The van der Waals surface area contributed by atoms with Crippen molar-refractivity contribution in [2.45, 2.75) is 20.0 Å². The Bertz CT molecular complexity index is 1050. The number of aromatic nitrogens is 2. The van der Waals surface area contributed by atoms with Crippen molar-refractivity contribution in [3.8, 4) is 22.8 Å². The fourth-order valence-corrected chi connectivity index (χ4v) is 4.10. The highest BCUT2D eigenvalue weighted by Crippen LogP contribution is 2.43. The monoisotopic (exact) mass is 413 g/mol. The van der Waals surface area contributed by atoms with Gasteiger partial charge in [0.25, 0.3) is 0 Å². The van der Waals surface area contributed by atoms with E-state index in [4.69, 9.17) is 30.8 Å². The van der Waals surface area contributed by atoms with Gasteiger partial charge in [0, 0.05) is 60.1 Å². The van der Waals surface area contributed by atoms with Crippen LogP contribution in [-0.2, 0) is 4.74 Å². The van der Waals surface area contributed by atoms with E-state index >= 15 is 0 Å². The van der Waals surface area contributed by atoms with E-state index in [2.05, 4.69) is 16.0 Å². The molecular formula is C22H24ClN3O3. The van der Waals surface area contributed by atoms with Crippen LogP contribution in [0, 0.1) is 13.8 Å². The third-order valence-electron chi connectivity index (χ3n) is 5.45. The second-order valence-electron chi connectivity index (χ2n) is 7.24. The van der Waals surface area contributed by atoms with Gasteiger partial charge in [0.15, 0.2) is 0 Å². The standard InChI is InChI=1S/C22H24ClN3O3/c1-12-6-16-14(9-24-12)7-17(25-22(16)26-10-15(11-26)27-3)20-13(2)18(28-4)8-19(29-5)21(20)23/h6-9,15H,10-11H2,1-5H3. The van der Waals surface area contributed by atoms with Gasteiger partial charge >= 0.3 is 0 Å². The Balaban J connectivity index is 1.95. The van der Waals surface area contributed by atoms with E-state index in [1.54, 1.807) is 27.4 Å². The minimum atomic E-state index is 0.223. The highest BCUT2D eigenvalue weighted by molar-refractivity contribution is 6.35. The van der Waals surface area contributed by atoms with Gasteiger partial charge in [0.2, 0.25) is 0 Å². The van der Waals surface area contributed by atoms with Gasteiger partial charge in [-0.05, 0) is 26.0 Å². The number of hydrogen-bond donors (Lipinski definition) is 0. The third kappa shape index (κ3) is 3.36. The maximum atomic E-state index is 6.71. The molecule has 1 saturated heterocycles. The Morgan fingerprint density at radius 1 is 1.03 bits per heavy atom. The second kappa shape index (κ2) is 7.69. The Hall–Kier alpha value is -2.57. The quantitative estimate of drug-likeness (QED) is 0.617. The van der Waals surface area contributed by atoms with Gasteiger partial charge in [-0.1, -0.05) is 11.6 Å². The van der Waals surface area contributed by atoms with E-state index in [1.807, 2.05) is 26.1 Å². The molecule has 0 radical (unpaired) electrons. The van der Waals surface area contributed by atoms with Crippen molar-refractivity contribution in [2.24, 2.45) is 0 Å². The van der Waals surface area contributed by atoms with E-state index in [0.717, 1.165) is 52.2 Å². The summed E-state index contributed by atoms with van der Waals surface area (Å²) in [5, 5.41) is 2.59. The number of fused-ring (bicyclic) bond motifs is 1. The molecule has 0 unspecified atom stereocenters. The molecule has 4 rings (SSSR count). The highest BCUT2D eigenvalue weighted by atomic mass is 35.5. The zero-order valence-electron chi connectivity index (χ0n) is 17.2. The van der Waals surface area contributed by atoms with Crippen LogP contribution >= 0.6 is 11.6 Å². The van der Waals surface area contributed by atoms with Crippen molar-refractivity contribution in [3.63, 3.8) is 0 Å². The van der Waals surface area contributed by atoms with Gasteiger partial charge in [0.1, 0.15) is 17.3 Å². The van der Waals surface area contributed by atoms with Crippen LogP contribution in [0.2, 0.25) is 5.02 Å². The summed E-state index contributed by atoms with van der Waals surface area (Å²) < 4.78 is 16.5. The highest BCUT2D eigenvalue weighted by Gasteiger charge is 2.30. The lowest BCUT2D eigenvalue weighted by molar-refractivity contribution is 0.0785. The number of hydrogen-bond acceptors (Lipinski definition) is 6. The van der Waals surface area contributed by atoms with E-state index < -0.39 is 0 Å². The van der Waals surface area contributed by atoms with Crippen LogP contribution < -0.4 is 14.4 Å². The second-order valence-corrected chi connectivity index (χ2v) is 7.61. The van der Waals surface area contributed by atoms with Gasteiger partial charge in [-0.25, -0.2) is 4.98 Å². The number of methoxy groups -OCH3 is 3. The number of rotatable bonds is 5. The van der Waals surface area contributed by atoms with Gasteiger partial charge in [0.05, 0.1) is 31.0 Å². The minimum Gasteiger partial charge on any atom is -0.496 e. The van der Waals surface area contributed by atoms with Crippen LogP contribution in [-0.4, -0.2) is 50.5 Å². The summed E-state index contributed by atoms with van der Waals surface area (Å²) in [6.07, 6.45) is 2.11. The van der Waals surface area contributed by atoms with Gasteiger partial charge in [-0.15, -0.1) is 0 Å². The summed E-state index contributed by atoms with van der Waals surface area (Å²) in [6, 6.07) is 5.89. The minimum absolute atomic E-state index is 0.223. The number of halogens is 1. The van der Waals surface area contributed by atoms with Gasteiger partial charge in [-0.3, -0.25) is 4.98 Å². The lowest BCUT2D eigenvalue weighted by Gasteiger charge is -2.39. The molecule has 29 heavy (non-hydrogen) atoms. The summed E-state index contributed by atoms with van der Waals surface area (Å²) in [4.78, 5) is 11.7. The summed E-state index contributed by atoms with van der Waals surface area (Å²) in [7, 11) is 4.97. The largest absolute Gasteiger partial charge is 0.496 e. The zero-order valence-corrected chi connectivity index (χ0v) is 18.0. The van der Waals surface area contributed by atoms with Crippen molar-refractivity contribution in [1.29, 1.82) is 0 Å². The molecule has 0 bridgehead atoms. The van der Waals surface area contributed by atoms with E-state index in [9.17, 15) is 0 Å². The molecule has 0 aliphatic carbocycles. The molecule has 1 aliphatic rings. The molecule has 0 spiro atoms. The SMILES string of the molecule is COc1cc(OC)c(Cl)c(-c2cc3cnc(C)cc3c(N3CC(OC)C3)n2)c1C. The topological polar surface area (TPSA) is 56.7 Å². The first-order valence-corrected chi connectivity index (χ1v) is 9.81. The average Bonchev–Trinajstić information content (AvgIpc) is 2.68. The Labute approximate surface area is 175 Å². The molecule has 3 heterocycles. The molecule has 1 fully saturated rings. The van der Waals surface area contributed by atoms with Crippen molar-refractivity contribution in [1.82, 2.24) is 9.97 Å². The van der Waals surface area contributed by atoms with Crippen molar-refractivity contribution >= 4 is 28.2 Å². The summed E-state index contributed by atoms with van der Waals surface area (Å²) in [6.45, 7) is 5.57. The fraction of sp³-hybridized carbons (Fsp3) is 0.364. The number of ether oxygens (including phenoxy) is 3. The van der Waals surface area contributed by atoms with Crippen LogP contribution in [0.1, 0.15) is 11.3 Å². The van der Waals surface area contributed by atoms with Gasteiger partial charge < -0.3 is 19.1 Å². The smallest absolute Gasteiger partial charge is 0.141 e. The van der Waals surface area contributed by atoms with E-state index in [-0.39, 0.29) is 6.10 Å². The first-order chi connectivity index (χ1) is 14.0. The van der Waals surface area contributed by atoms with E-state index in [0.29, 0.717) is 16.5 Å². The molecule has 1 aliphatic heterocycles. The molecule has 152 valence electrons. The molecule has 0 saturated carbocycles. The summed E-state index contributed by atoms with van der Waals surface area (Å²) >= 11 is 6.71.